The van der Waals surface area contributed by atoms with Gasteiger partial charge in [0.1, 0.15) is 12.6 Å². The molecule has 1 aromatic rings. The second-order valence-electron chi connectivity index (χ2n) is 5.56. The van der Waals surface area contributed by atoms with Gasteiger partial charge in [0, 0.05) is 39.0 Å². The molecule has 120 valence electrons. The highest BCUT2D eigenvalue weighted by Gasteiger charge is 2.31. The van der Waals surface area contributed by atoms with Crippen molar-refractivity contribution in [2.45, 2.75) is 25.5 Å². The SMILES string of the molecule is O=C(Cn1cc(I)cn1)N1CCN(C(=O)[C@@H]2CCCO2)CC1. The van der Waals surface area contributed by atoms with Crippen LogP contribution in [-0.2, 0) is 20.9 Å². The van der Waals surface area contributed by atoms with Gasteiger partial charge in [-0.3, -0.25) is 14.3 Å². The Morgan fingerprint density at radius 1 is 1.27 bits per heavy atom. The summed E-state index contributed by atoms with van der Waals surface area (Å²) in [7, 11) is 0. The molecule has 0 N–H and O–H groups in total. The largest absolute Gasteiger partial charge is 0.368 e. The maximum Gasteiger partial charge on any atom is 0.251 e. The molecule has 3 heterocycles. The molecule has 22 heavy (non-hydrogen) atoms. The quantitative estimate of drug-likeness (QED) is 0.665. The van der Waals surface area contributed by atoms with E-state index < -0.39 is 0 Å². The Morgan fingerprint density at radius 2 is 2.00 bits per heavy atom. The average molecular weight is 418 g/mol. The van der Waals surface area contributed by atoms with Crippen molar-refractivity contribution in [2.75, 3.05) is 32.8 Å². The smallest absolute Gasteiger partial charge is 0.251 e. The van der Waals surface area contributed by atoms with Crippen molar-refractivity contribution < 1.29 is 14.3 Å². The van der Waals surface area contributed by atoms with Crippen molar-refractivity contribution in [3.63, 3.8) is 0 Å². The van der Waals surface area contributed by atoms with Crippen LogP contribution < -0.4 is 0 Å². The molecule has 8 heteroatoms. The van der Waals surface area contributed by atoms with Gasteiger partial charge in [0.2, 0.25) is 5.91 Å². The minimum Gasteiger partial charge on any atom is -0.368 e. The Bertz CT molecular complexity index is 548. The number of hydrogen-bond donors (Lipinski definition) is 0. The molecule has 2 amide bonds. The van der Waals surface area contributed by atoms with Crippen LogP contribution in [0.5, 0.6) is 0 Å². The van der Waals surface area contributed by atoms with Crippen LogP contribution in [0.1, 0.15) is 12.8 Å². The molecule has 0 radical (unpaired) electrons. The van der Waals surface area contributed by atoms with Gasteiger partial charge in [-0.25, -0.2) is 0 Å². The normalized spacial score (nSPS) is 22.1. The summed E-state index contributed by atoms with van der Waals surface area (Å²) in [6.07, 6.45) is 5.07. The van der Waals surface area contributed by atoms with Gasteiger partial charge in [-0.05, 0) is 35.4 Å². The molecule has 2 fully saturated rings. The van der Waals surface area contributed by atoms with E-state index in [1.807, 2.05) is 11.1 Å². The molecule has 0 saturated carbocycles. The monoisotopic (exact) mass is 418 g/mol. The summed E-state index contributed by atoms with van der Waals surface area (Å²) < 4.78 is 8.10. The molecule has 0 spiro atoms. The van der Waals surface area contributed by atoms with E-state index in [0.717, 1.165) is 16.4 Å². The highest BCUT2D eigenvalue weighted by atomic mass is 127. The van der Waals surface area contributed by atoms with Crippen LogP contribution in [0.2, 0.25) is 0 Å². The van der Waals surface area contributed by atoms with Gasteiger partial charge < -0.3 is 14.5 Å². The second kappa shape index (κ2) is 6.95. The third kappa shape index (κ3) is 3.60. The number of halogens is 1. The molecule has 3 rings (SSSR count). The standard InChI is InChI=1S/C14H19IN4O3/c15-11-8-16-19(9-11)10-13(20)17-3-5-18(6-4-17)14(21)12-2-1-7-22-12/h8-9,12H,1-7,10H2/t12-/m0/s1. The molecular formula is C14H19IN4O3. The highest BCUT2D eigenvalue weighted by molar-refractivity contribution is 14.1. The van der Waals surface area contributed by atoms with Crippen LogP contribution in [0.4, 0.5) is 0 Å². The summed E-state index contributed by atoms with van der Waals surface area (Å²) in [6, 6.07) is 0. The molecule has 1 aromatic heterocycles. The van der Waals surface area contributed by atoms with Gasteiger partial charge in [-0.1, -0.05) is 0 Å². The fourth-order valence-electron chi connectivity index (χ4n) is 2.82. The van der Waals surface area contributed by atoms with E-state index in [2.05, 4.69) is 27.7 Å². The summed E-state index contributed by atoms with van der Waals surface area (Å²) in [5, 5.41) is 4.13. The van der Waals surface area contributed by atoms with E-state index in [-0.39, 0.29) is 24.5 Å². The summed E-state index contributed by atoms with van der Waals surface area (Å²) in [6.45, 7) is 3.26. The summed E-state index contributed by atoms with van der Waals surface area (Å²) in [5.74, 6) is 0.120. The van der Waals surface area contributed by atoms with E-state index in [9.17, 15) is 9.59 Å². The number of hydrogen-bond acceptors (Lipinski definition) is 4. The number of ether oxygens (including phenoxy) is 1. The van der Waals surface area contributed by atoms with Crippen molar-refractivity contribution in [3.8, 4) is 0 Å². The van der Waals surface area contributed by atoms with Gasteiger partial charge in [0.15, 0.2) is 0 Å². The predicted octanol–water partition coefficient (Wildman–Crippen LogP) is 0.337. The maximum atomic E-state index is 12.3. The van der Waals surface area contributed by atoms with E-state index in [0.29, 0.717) is 32.8 Å². The van der Waals surface area contributed by atoms with Gasteiger partial charge in [-0.15, -0.1) is 0 Å². The first kappa shape index (κ1) is 15.7. The number of piperazine rings is 1. The van der Waals surface area contributed by atoms with Crippen LogP contribution in [0, 0.1) is 3.57 Å². The van der Waals surface area contributed by atoms with Crippen molar-refractivity contribution in [1.29, 1.82) is 0 Å². The van der Waals surface area contributed by atoms with Gasteiger partial charge >= 0.3 is 0 Å². The maximum absolute atomic E-state index is 12.3. The third-order valence-corrected chi connectivity index (χ3v) is 4.61. The van der Waals surface area contributed by atoms with Crippen LogP contribution >= 0.6 is 22.6 Å². The fourth-order valence-corrected chi connectivity index (χ4v) is 3.26. The zero-order chi connectivity index (χ0) is 15.5. The molecule has 1 atom stereocenters. The summed E-state index contributed by atoms with van der Waals surface area (Å²) in [5.41, 5.74) is 0. The molecule has 0 bridgehead atoms. The predicted molar refractivity (Wildman–Crippen MR) is 87.1 cm³/mol. The van der Waals surface area contributed by atoms with Crippen LogP contribution in [0.25, 0.3) is 0 Å². The molecule has 7 nitrogen and oxygen atoms in total. The Kier molecular flexibility index (Phi) is 4.97. The highest BCUT2D eigenvalue weighted by Crippen LogP contribution is 2.16. The summed E-state index contributed by atoms with van der Waals surface area (Å²) in [4.78, 5) is 28.1. The average Bonchev–Trinajstić information content (AvgIpc) is 3.18. The van der Waals surface area contributed by atoms with Crippen molar-refractivity contribution in [3.05, 3.63) is 16.0 Å². The molecule has 2 aliphatic heterocycles. The first-order valence-electron chi connectivity index (χ1n) is 7.49. The lowest BCUT2D eigenvalue weighted by molar-refractivity contribution is -0.146. The first-order chi connectivity index (χ1) is 10.6. The Morgan fingerprint density at radius 3 is 2.59 bits per heavy atom. The number of rotatable bonds is 3. The van der Waals surface area contributed by atoms with E-state index in [1.165, 1.54) is 0 Å². The molecule has 0 aliphatic carbocycles. The molecule has 2 aliphatic rings. The van der Waals surface area contributed by atoms with Crippen molar-refractivity contribution >= 4 is 34.4 Å². The lowest BCUT2D eigenvalue weighted by atomic mass is 10.2. The minimum absolute atomic E-state index is 0.0451. The van der Waals surface area contributed by atoms with Crippen molar-refractivity contribution in [2.24, 2.45) is 0 Å². The zero-order valence-electron chi connectivity index (χ0n) is 12.3. The molecule has 2 saturated heterocycles. The zero-order valence-corrected chi connectivity index (χ0v) is 14.4. The molecular weight excluding hydrogens is 399 g/mol. The van der Waals surface area contributed by atoms with Crippen LogP contribution in [-0.4, -0.2) is 70.3 Å². The van der Waals surface area contributed by atoms with E-state index in [4.69, 9.17) is 4.74 Å². The van der Waals surface area contributed by atoms with E-state index in [1.54, 1.807) is 15.8 Å². The Labute approximate surface area is 142 Å². The topological polar surface area (TPSA) is 67.7 Å². The number of amides is 2. The van der Waals surface area contributed by atoms with Crippen molar-refractivity contribution in [1.82, 2.24) is 19.6 Å². The van der Waals surface area contributed by atoms with E-state index >= 15 is 0 Å². The number of nitrogens with zero attached hydrogens (tertiary/aromatic N) is 4. The number of carbonyl (C=O) groups is 2. The Hall–Kier alpha value is -1.16. The first-order valence-corrected chi connectivity index (χ1v) is 8.57. The minimum atomic E-state index is -0.270. The molecule has 0 aromatic carbocycles. The van der Waals surface area contributed by atoms with Gasteiger partial charge in [-0.2, -0.15) is 5.10 Å². The lowest BCUT2D eigenvalue weighted by Gasteiger charge is -2.35. The number of aromatic nitrogens is 2. The third-order valence-electron chi connectivity index (χ3n) is 4.05. The van der Waals surface area contributed by atoms with Crippen LogP contribution in [0.15, 0.2) is 12.4 Å². The lowest BCUT2D eigenvalue weighted by Crippen LogP contribution is -2.53. The van der Waals surface area contributed by atoms with Crippen LogP contribution in [0.3, 0.4) is 0 Å². The molecule has 0 unspecified atom stereocenters. The van der Waals surface area contributed by atoms with Gasteiger partial charge in [0.25, 0.3) is 5.91 Å². The van der Waals surface area contributed by atoms with Gasteiger partial charge in [0.05, 0.1) is 9.77 Å². The number of carbonyl (C=O) groups excluding carboxylic acids is 2. The summed E-state index contributed by atoms with van der Waals surface area (Å²) >= 11 is 2.17. The Balaban J connectivity index is 1.48. The second-order valence-corrected chi connectivity index (χ2v) is 6.81. The fraction of sp³-hybridized carbons (Fsp3) is 0.643.